The Labute approximate surface area is 107 Å². The third-order valence-electron chi connectivity index (χ3n) is 2.02. The third kappa shape index (κ3) is 3.40. The van der Waals surface area contributed by atoms with Gasteiger partial charge in [0, 0.05) is 11.6 Å². The lowest BCUT2D eigenvalue weighted by atomic mass is 10.1. The maximum Gasteiger partial charge on any atom is 0.573 e. The number of alkyl halides is 3. The Morgan fingerprint density at radius 2 is 1.89 bits per heavy atom. The fourth-order valence-electron chi connectivity index (χ4n) is 1.39. The Kier molecular flexibility index (Phi) is 4.24. The summed E-state index contributed by atoms with van der Waals surface area (Å²) < 4.78 is 45.3. The predicted molar refractivity (Wildman–Crippen MR) is 60.6 cm³/mol. The molecule has 0 aliphatic heterocycles. The van der Waals surface area contributed by atoms with Gasteiger partial charge in [-0.3, -0.25) is 0 Å². The minimum absolute atomic E-state index is 0. The van der Waals surface area contributed by atoms with Crippen LogP contribution in [0.25, 0.3) is 11.3 Å². The van der Waals surface area contributed by atoms with Gasteiger partial charge in [0.25, 0.3) is 0 Å². The van der Waals surface area contributed by atoms with Gasteiger partial charge >= 0.3 is 6.36 Å². The van der Waals surface area contributed by atoms with Gasteiger partial charge < -0.3 is 9.26 Å². The van der Waals surface area contributed by atoms with E-state index in [1.54, 1.807) is 19.1 Å². The molecule has 0 radical (unpaired) electrons. The van der Waals surface area contributed by atoms with Crippen molar-refractivity contribution in [1.29, 1.82) is 0 Å². The first-order valence-electron chi connectivity index (χ1n) is 4.74. The van der Waals surface area contributed by atoms with Crippen molar-refractivity contribution in [3.63, 3.8) is 0 Å². The van der Waals surface area contributed by atoms with Gasteiger partial charge in [0.05, 0.1) is 0 Å². The molecule has 0 N–H and O–H groups in total. The summed E-state index contributed by atoms with van der Waals surface area (Å²) in [5.74, 6) is 0.218. The van der Waals surface area contributed by atoms with Crippen molar-refractivity contribution in [2.24, 2.45) is 0 Å². The van der Waals surface area contributed by atoms with E-state index in [9.17, 15) is 13.2 Å². The standard InChI is InChI=1S/C11H8F3NO2.ClH/c1-7-6-9(15-17-7)8-4-2-3-5-10(8)16-11(12,13)14;/h2-6H,1H3;1H. The van der Waals surface area contributed by atoms with Gasteiger partial charge in [0.1, 0.15) is 17.2 Å². The van der Waals surface area contributed by atoms with Crippen molar-refractivity contribution in [1.82, 2.24) is 5.16 Å². The Balaban J connectivity index is 0.00000162. The Bertz CT molecular complexity index is 525. The van der Waals surface area contributed by atoms with E-state index in [1.165, 1.54) is 18.2 Å². The lowest BCUT2D eigenvalue weighted by molar-refractivity contribution is -0.274. The molecular formula is C11H9ClF3NO2. The van der Waals surface area contributed by atoms with Crippen molar-refractivity contribution in [2.45, 2.75) is 13.3 Å². The maximum absolute atomic E-state index is 12.2. The molecule has 0 atom stereocenters. The van der Waals surface area contributed by atoms with Gasteiger partial charge in [-0.1, -0.05) is 17.3 Å². The molecule has 98 valence electrons. The highest BCUT2D eigenvalue weighted by Crippen LogP contribution is 2.33. The quantitative estimate of drug-likeness (QED) is 0.834. The molecular weight excluding hydrogens is 271 g/mol. The average molecular weight is 280 g/mol. The van der Waals surface area contributed by atoms with Gasteiger partial charge in [-0.25, -0.2) is 0 Å². The third-order valence-corrected chi connectivity index (χ3v) is 2.02. The maximum atomic E-state index is 12.2. The monoisotopic (exact) mass is 279 g/mol. The molecule has 2 rings (SSSR count). The molecule has 0 bridgehead atoms. The van der Waals surface area contributed by atoms with Crippen LogP contribution in [-0.2, 0) is 0 Å². The molecule has 0 unspecified atom stereocenters. The van der Waals surface area contributed by atoms with Crippen LogP contribution >= 0.6 is 12.4 Å². The van der Waals surface area contributed by atoms with Crippen molar-refractivity contribution in [2.75, 3.05) is 0 Å². The molecule has 1 aromatic heterocycles. The molecule has 0 saturated carbocycles. The molecule has 0 aliphatic rings. The number of aromatic nitrogens is 1. The number of benzene rings is 1. The number of hydrogen-bond donors (Lipinski definition) is 0. The Morgan fingerprint density at radius 3 is 2.44 bits per heavy atom. The molecule has 2 aromatic rings. The van der Waals surface area contributed by atoms with Crippen LogP contribution in [0.3, 0.4) is 0 Å². The van der Waals surface area contributed by atoms with E-state index in [1.807, 2.05) is 0 Å². The van der Waals surface area contributed by atoms with Crippen LogP contribution in [0, 0.1) is 6.92 Å². The summed E-state index contributed by atoms with van der Waals surface area (Å²) in [6.07, 6.45) is -4.73. The second-order valence-corrected chi connectivity index (χ2v) is 3.37. The summed E-state index contributed by atoms with van der Waals surface area (Å²) in [5, 5.41) is 3.65. The van der Waals surface area contributed by atoms with E-state index < -0.39 is 6.36 Å². The zero-order chi connectivity index (χ0) is 12.5. The summed E-state index contributed by atoms with van der Waals surface area (Å²) in [6, 6.07) is 7.31. The number of halogens is 4. The van der Waals surface area contributed by atoms with Gasteiger partial charge in [0.2, 0.25) is 0 Å². The minimum Gasteiger partial charge on any atom is -0.405 e. The van der Waals surface area contributed by atoms with E-state index in [-0.39, 0.29) is 23.7 Å². The van der Waals surface area contributed by atoms with Gasteiger partial charge in [-0.2, -0.15) is 0 Å². The van der Waals surface area contributed by atoms with Gasteiger partial charge in [-0.05, 0) is 19.1 Å². The highest BCUT2D eigenvalue weighted by atomic mass is 35.5. The number of rotatable bonds is 2. The molecule has 0 saturated heterocycles. The number of aryl methyl sites for hydroxylation is 1. The second-order valence-electron chi connectivity index (χ2n) is 3.37. The molecule has 3 nitrogen and oxygen atoms in total. The fourth-order valence-corrected chi connectivity index (χ4v) is 1.39. The Hall–Kier alpha value is -1.69. The topological polar surface area (TPSA) is 35.3 Å². The minimum atomic E-state index is -4.73. The van der Waals surface area contributed by atoms with Crippen molar-refractivity contribution in [3.05, 3.63) is 36.1 Å². The molecule has 0 fully saturated rings. The van der Waals surface area contributed by atoms with Crippen LogP contribution in [0.15, 0.2) is 34.9 Å². The molecule has 7 heteroatoms. The van der Waals surface area contributed by atoms with Crippen molar-refractivity contribution < 1.29 is 22.4 Å². The fraction of sp³-hybridized carbons (Fsp3) is 0.182. The van der Waals surface area contributed by atoms with Crippen LogP contribution in [0.4, 0.5) is 13.2 Å². The van der Waals surface area contributed by atoms with E-state index >= 15 is 0 Å². The normalized spacial score (nSPS) is 10.9. The van der Waals surface area contributed by atoms with Crippen molar-refractivity contribution >= 4 is 12.4 Å². The Morgan fingerprint density at radius 1 is 1.22 bits per heavy atom. The van der Waals surface area contributed by atoms with Crippen LogP contribution in [0.5, 0.6) is 5.75 Å². The molecule has 1 heterocycles. The van der Waals surface area contributed by atoms with Gasteiger partial charge in [0.15, 0.2) is 0 Å². The van der Waals surface area contributed by atoms with Crippen molar-refractivity contribution in [3.8, 4) is 17.0 Å². The van der Waals surface area contributed by atoms with Crippen LogP contribution in [0.1, 0.15) is 5.76 Å². The number of hydrogen-bond acceptors (Lipinski definition) is 3. The largest absolute Gasteiger partial charge is 0.573 e. The lowest BCUT2D eigenvalue weighted by Gasteiger charge is -2.11. The number of ether oxygens (including phenoxy) is 1. The molecule has 0 aliphatic carbocycles. The predicted octanol–water partition coefficient (Wildman–Crippen LogP) is 3.97. The first-order valence-corrected chi connectivity index (χ1v) is 4.74. The van der Waals surface area contributed by atoms with Gasteiger partial charge in [-0.15, -0.1) is 25.6 Å². The zero-order valence-corrected chi connectivity index (χ0v) is 10.0. The van der Waals surface area contributed by atoms with E-state index in [0.29, 0.717) is 11.5 Å². The van der Waals surface area contributed by atoms with Crippen LogP contribution in [0.2, 0.25) is 0 Å². The number of para-hydroxylation sites is 1. The highest BCUT2D eigenvalue weighted by molar-refractivity contribution is 5.85. The summed E-state index contributed by atoms with van der Waals surface area (Å²) in [7, 11) is 0. The second kappa shape index (κ2) is 5.30. The SMILES string of the molecule is Cc1cc(-c2ccccc2OC(F)(F)F)no1.Cl. The van der Waals surface area contributed by atoms with Crippen LogP contribution in [-0.4, -0.2) is 11.5 Å². The van der Waals surface area contributed by atoms with E-state index in [2.05, 4.69) is 9.89 Å². The van der Waals surface area contributed by atoms with E-state index in [0.717, 1.165) is 0 Å². The molecule has 0 spiro atoms. The summed E-state index contributed by atoms with van der Waals surface area (Å²) in [6.45, 7) is 1.66. The molecule has 18 heavy (non-hydrogen) atoms. The lowest BCUT2D eigenvalue weighted by Crippen LogP contribution is -2.17. The van der Waals surface area contributed by atoms with Crippen LogP contribution < -0.4 is 4.74 Å². The summed E-state index contributed by atoms with van der Waals surface area (Å²) >= 11 is 0. The smallest absolute Gasteiger partial charge is 0.405 e. The molecule has 0 amide bonds. The highest BCUT2D eigenvalue weighted by Gasteiger charge is 2.32. The van der Waals surface area contributed by atoms with E-state index in [4.69, 9.17) is 4.52 Å². The average Bonchev–Trinajstić information content (AvgIpc) is 2.63. The zero-order valence-electron chi connectivity index (χ0n) is 9.19. The molecule has 1 aromatic carbocycles. The summed E-state index contributed by atoms with van der Waals surface area (Å²) in [4.78, 5) is 0. The number of nitrogens with zero attached hydrogens (tertiary/aromatic N) is 1. The first kappa shape index (κ1) is 14.4. The summed E-state index contributed by atoms with van der Waals surface area (Å²) in [5.41, 5.74) is 0.545. The first-order chi connectivity index (χ1) is 7.96.